The number of hydrogen-bond donors (Lipinski definition) is 2. The number of carbonyl (C=O) groups is 1. The molecule has 2 aromatic heterocycles. The Labute approximate surface area is 151 Å². The van der Waals surface area contributed by atoms with E-state index in [2.05, 4.69) is 15.4 Å². The molecule has 1 amide bonds. The normalized spacial score (nSPS) is 14.8. The van der Waals surface area contributed by atoms with Gasteiger partial charge in [0.15, 0.2) is 5.65 Å². The topological polar surface area (TPSA) is 85.3 Å². The summed E-state index contributed by atoms with van der Waals surface area (Å²) in [6.07, 6.45) is 5.59. The Hall–Kier alpha value is -2.44. The van der Waals surface area contributed by atoms with Gasteiger partial charge in [0.25, 0.3) is 5.91 Å². The SMILES string of the molecule is Cl.NC(CNC(=O)c1cnn2c(-c3ccccc3)ccnc12)C1CC1. The predicted molar refractivity (Wildman–Crippen MR) is 98.7 cm³/mol. The van der Waals surface area contributed by atoms with Gasteiger partial charge in [-0.3, -0.25) is 4.79 Å². The molecule has 1 atom stereocenters. The highest BCUT2D eigenvalue weighted by molar-refractivity contribution is 5.99. The molecule has 3 N–H and O–H groups in total. The van der Waals surface area contributed by atoms with Gasteiger partial charge in [0, 0.05) is 24.3 Å². The number of aromatic nitrogens is 3. The minimum Gasteiger partial charge on any atom is -0.350 e. The van der Waals surface area contributed by atoms with Crippen LogP contribution in [0.5, 0.6) is 0 Å². The molecule has 0 saturated heterocycles. The van der Waals surface area contributed by atoms with Crippen molar-refractivity contribution < 1.29 is 4.79 Å². The van der Waals surface area contributed by atoms with E-state index in [9.17, 15) is 4.79 Å². The number of benzene rings is 1. The molecule has 1 aliphatic carbocycles. The van der Waals surface area contributed by atoms with E-state index in [-0.39, 0.29) is 24.4 Å². The molecule has 6 nitrogen and oxygen atoms in total. The summed E-state index contributed by atoms with van der Waals surface area (Å²) in [5.74, 6) is 0.371. The zero-order valence-corrected chi connectivity index (χ0v) is 14.4. The minimum absolute atomic E-state index is 0. The number of rotatable bonds is 5. The Morgan fingerprint density at radius 3 is 2.76 bits per heavy atom. The number of halogens is 1. The Morgan fingerprint density at radius 1 is 1.28 bits per heavy atom. The lowest BCUT2D eigenvalue weighted by Gasteiger charge is -2.11. The Bertz CT molecular complexity index is 876. The fraction of sp³-hybridized carbons (Fsp3) is 0.278. The van der Waals surface area contributed by atoms with Crippen molar-refractivity contribution in [3.8, 4) is 11.3 Å². The maximum atomic E-state index is 12.5. The second-order valence-electron chi connectivity index (χ2n) is 6.20. The van der Waals surface area contributed by atoms with Crippen LogP contribution in [0.25, 0.3) is 16.9 Å². The third-order valence-corrected chi connectivity index (χ3v) is 4.44. The Kier molecular flexibility index (Phi) is 5.01. The van der Waals surface area contributed by atoms with Crippen molar-refractivity contribution in [2.24, 2.45) is 11.7 Å². The lowest BCUT2D eigenvalue weighted by atomic mass is 10.1. The molecule has 1 saturated carbocycles. The van der Waals surface area contributed by atoms with Crippen LogP contribution in [0.15, 0.2) is 48.8 Å². The zero-order chi connectivity index (χ0) is 16.5. The second kappa shape index (κ2) is 7.21. The van der Waals surface area contributed by atoms with Gasteiger partial charge in [0.1, 0.15) is 5.56 Å². The van der Waals surface area contributed by atoms with Crippen LogP contribution in [0.1, 0.15) is 23.2 Å². The van der Waals surface area contributed by atoms with Crippen molar-refractivity contribution in [1.82, 2.24) is 19.9 Å². The van der Waals surface area contributed by atoms with E-state index in [1.807, 2.05) is 36.4 Å². The van der Waals surface area contributed by atoms with Gasteiger partial charge in [-0.15, -0.1) is 12.4 Å². The Balaban J connectivity index is 0.00000182. The van der Waals surface area contributed by atoms with Gasteiger partial charge in [-0.05, 0) is 24.8 Å². The summed E-state index contributed by atoms with van der Waals surface area (Å²) in [5.41, 5.74) is 8.98. The fourth-order valence-electron chi connectivity index (χ4n) is 2.88. The van der Waals surface area contributed by atoms with Crippen LogP contribution in [0.3, 0.4) is 0 Å². The highest BCUT2D eigenvalue weighted by Crippen LogP contribution is 2.31. The number of nitrogens with two attached hydrogens (primary N) is 1. The summed E-state index contributed by atoms with van der Waals surface area (Å²) >= 11 is 0. The van der Waals surface area contributed by atoms with Gasteiger partial charge in [-0.25, -0.2) is 9.50 Å². The minimum atomic E-state index is -0.182. The van der Waals surface area contributed by atoms with Crippen molar-refractivity contribution in [3.05, 3.63) is 54.4 Å². The molecule has 2 heterocycles. The van der Waals surface area contributed by atoms with E-state index >= 15 is 0 Å². The van der Waals surface area contributed by atoms with Crippen LogP contribution in [-0.4, -0.2) is 33.1 Å². The number of nitrogens with zero attached hydrogens (tertiary/aromatic N) is 3. The van der Waals surface area contributed by atoms with Gasteiger partial charge < -0.3 is 11.1 Å². The van der Waals surface area contributed by atoms with Crippen molar-refractivity contribution in [2.75, 3.05) is 6.54 Å². The first kappa shape index (κ1) is 17.4. The highest BCUT2D eigenvalue weighted by Gasteiger charge is 2.28. The van der Waals surface area contributed by atoms with Crippen molar-refractivity contribution >= 4 is 24.0 Å². The van der Waals surface area contributed by atoms with Gasteiger partial charge >= 0.3 is 0 Å². The van der Waals surface area contributed by atoms with E-state index in [4.69, 9.17) is 5.73 Å². The summed E-state index contributed by atoms with van der Waals surface area (Å²) in [6, 6.07) is 11.8. The molecule has 1 fully saturated rings. The number of hydrogen-bond acceptors (Lipinski definition) is 4. The third-order valence-electron chi connectivity index (χ3n) is 4.44. The van der Waals surface area contributed by atoms with Crippen molar-refractivity contribution in [3.63, 3.8) is 0 Å². The van der Waals surface area contributed by atoms with Crippen LogP contribution in [0.4, 0.5) is 0 Å². The first-order chi connectivity index (χ1) is 11.7. The average molecular weight is 358 g/mol. The Morgan fingerprint density at radius 2 is 2.04 bits per heavy atom. The smallest absolute Gasteiger partial charge is 0.256 e. The molecule has 1 aliphatic rings. The molecule has 0 aliphatic heterocycles. The van der Waals surface area contributed by atoms with Gasteiger partial charge in [0.2, 0.25) is 0 Å². The molecule has 4 rings (SSSR count). The van der Waals surface area contributed by atoms with Gasteiger partial charge in [-0.2, -0.15) is 5.10 Å². The predicted octanol–water partition coefficient (Wildman–Crippen LogP) is 2.29. The van der Waals surface area contributed by atoms with Gasteiger partial charge in [0.05, 0.1) is 11.9 Å². The van der Waals surface area contributed by atoms with E-state index < -0.39 is 0 Å². The summed E-state index contributed by atoms with van der Waals surface area (Å²) in [7, 11) is 0. The quantitative estimate of drug-likeness (QED) is 0.733. The monoisotopic (exact) mass is 357 g/mol. The number of carbonyl (C=O) groups excluding carboxylic acids is 1. The van der Waals surface area contributed by atoms with Crippen LogP contribution in [0, 0.1) is 5.92 Å². The maximum Gasteiger partial charge on any atom is 0.256 e. The molecular formula is C18H20ClN5O. The first-order valence-corrected chi connectivity index (χ1v) is 8.16. The van der Waals surface area contributed by atoms with Crippen LogP contribution in [0.2, 0.25) is 0 Å². The van der Waals surface area contributed by atoms with E-state index in [0.717, 1.165) is 24.1 Å². The molecule has 0 radical (unpaired) electrons. The molecule has 3 aromatic rings. The molecule has 1 aromatic carbocycles. The average Bonchev–Trinajstić information content (AvgIpc) is 3.39. The van der Waals surface area contributed by atoms with Gasteiger partial charge in [-0.1, -0.05) is 30.3 Å². The van der Waals surface area contributed by atoms with E-state index in [1.54, 1.807) is 16.9 Å². The number of fused-ring (bicyclic) bond motifs is 1. The second-order valence-corrected chi connectivity index (χ2v) is 6.20. The molecular weight excluding hydrogens is 338 g/mol. The largest absolute Gasteiger partial charge is 0.350 e. The van der Waals surface area contributed by atoms with E-state index in [0.29, 0.717) is 23.7 Å². The summed E-state index contributed by atoms with van der Waals surface area (Å²) in [5, 5.41) is 7.25. The molecule has 130 valence electrons. The third kappa shape index (κ3) is 3.50. The molecule has 0 spiro atoms. The lowest BCUT2D eigenvalue weighted by Crippen LogP contribution is -2.38. The zero-order valence-electron chi connectivity index (χ0n) is 13.6. The lowest BCUT2D eigenvalue weighted by molar-refractivity contribution is 0.0951. The summed E-state index contributed by atoms with van der Waals surface area (Å²) in [4.78, 5) is 16.8. The van der Waals surface area contributed by atoms with Crippen LogP contribution >= 0.6 is 12.4 Å². The number of amides is 1. The van der Waals surface area contributed by atoms with Crippen molar-refractivity contribution in [1.29, 1.82) is 0 Å². The number of nitrogens with one attached hydrogen (secondary N) is 1. The standard InChI is InChI=1S/C18H19N5O.ClH/c19-15(12-6-7-12)11-21-18(24)14-10-22-23-16(8-9-20-17(14)23)13-4-2-1-3-5-13;/h1-5,8-10,12,15H,6-7,11,19H2,(H,21,24);1H. The van der Waals surface area contributed by atoms with E-state index in [1.165, 1.54) is 0 Å². The maximum absolute atomic E-state index is 12.5. The fourth-order valence-corrected chi connectivity index (χ4v) is 2.88. The van der Waals surface area contributed by atoms with Crippen LogP contribution < -0.4 is 11.1 Å². The molecule has 25 heavy (non-hydrogen) atoms. The van der Waals surface area contributed by atoms with Crippen molar-refractivity contribution in [2.45, 2.75) is 18.9 Å². The summed E-state index contributed by atoms with van der Waals surface area (Å²) < 4.78 is 1.70. The molecule has 0 bridgehead atoms. The molecule has 7 heteroatoms. The van der Waals surface area contributed by atoms with Crippen LogP contribution in [-0.2, 0) is 0 Å². The molecule has 1 unspecified atom stereocenters. The highest BCUT2D eigenvalue weighted by atomic mass is 35.5. The summed E-state index contributed by atoms with van der Waals surface area (Å²) in [6.45, 7) is 0.485. The first-order valence-electron chi connectivity index (χ1n) is 8.16.